The van der Waals surface area contributed by atoms with E-state index in [0.29, 0.717) is 6.04 Å². The second-order valence-electron chi connectivity index (χ2n) is 4.44. The van der Waals surface area contributed by atoms with Gasteiger partial charge in [0.2, 0.25) is 0 Å². The maximum absolute atomic E-state index is 6.00. The first-order valence-corrected chi connectivity index (χ1v) is 5.72. The molecule has 0 radical (unpaired) electrons. The Kier molecular flexibility index (Phi) is 2.04. The van der Waals surface area contributed by atoms with Gasteiger partial charge in [0.15, 0.2) is 11.6 Å². The average Bonchev–Trinajstić information content (AvgIpc) is 2.67. The summed E-state index contributed by atoms with van der Waals surface area (Å²) in [6, 6.07) is 10.2. The molecular weight excluding hydrogens is 214 g/mol. The van der Waals surface area contributed by atoms with Crippen molar-refractivity contribution in [1.82, 2.24) is 4.73 Å². The highest BCUT2D eigenvalue weighted by atomic mass is 16.7. The molecule has 0 spiro atoms. The molecule has 1 aromatic heterocycles. The lowest BCUT2D eigenvalue weighted by Crippen LogP contribution is -2.32. The predicted octanol–water partition coefficient (Wildman–Crippen LogP) is 2.77. The van der Waals surface area contributed by atoms with E-state index in [4.69, 9.17) is 10.6 Å². The second-order valence-corrected chi connectivity index (χ2v) is 4.44. The summed E-state index contributed by atoms with van der Waals surface area (Å²) in [6.45, 7) is 4.28. The Morgan fingerprint density at radius 2 is 1.94 bits per heavy atom. The third kappa shape index (κ3) is 1.37. The first-order valence-electron chi connectivity index (χ1n) is 5.72. The quantitative estimate of drug-likeness (QED) is 0.817. The van der Waals surface area contributed by atoms with E-state index >= 15 is 0 Å². The Hall–Kier alpha value is -2.10. The van der Waals surface area contributed by atoms with Crippen LogP contribution < -0.4 is 15.5 Å². The summed E-state index contributed by atoms with van der Waals surface area (Å²) < 4.78 is 1.72. The first kappa shape index (κ1) is 10.1. The molecule has 1 aliphatic heterocycles. The van der Waals surface area contributed by atoms with E-state index in [1.54, 1.807) is 4.73 Å². The van der Waals surface area contributed by atoms with Gasteiger partial charge in [-0.3, -0.25) is 0 Å². The largest absolute Gasteiger partial charge is 0.396 e. The van der Waals surface area contributed by atoms with Gasteiger partial charge < -0.3 is 15.5 Å². The van der Waals surface area contributed by atoms with Crippen molar-refractivity contribution in [3.63, 3.8) is 0 Å². The van der Waals surface area contributed by atoms with Crippen LogP contribution in [0.1, 0.15) is 13.8 Å². The number of nitrogens with zero attached hydrogens (tertiary/aromatic N) is 2. The lowest BCUT2D eigenvalue weighted by Gasteiger charge is -2.35. The van der Waals surface area contributed by atoms with Crippen LogP contribution in [0, 0.1) is 0 Å². The third-order valence-electron chi connectivity index (χ3n) is 2.92. The molecule has 1 aliphatic rings. The molecule has 0 atom stereocenters. The van der Waals surface area contributed by atoms with Gasteiger partial charge >= 0.3 is 0 Å². The van der Waals surface area contributed by atoms with Crippen LogP contribution in [0.3, 0.4) is 0 Å². The minimum Gasteiger partial charge on any atom is -0.396 e. The lowest BCUT2D eigenvalue weighted by molar-refractivity contribution is 0.212. The van der Waals surface area contributed by atoms with Crippen molar-refractivity contribution < 1.29 is 4.84 Å². The van der Waals surface area contributed by atoms with Crippen molar-refractivity contribution in [2.45, 2.75) is 19.9 Å². The molecule has 2 heterocycles. The Bertz CT molecular complexity index is 560. The van der Waals surface area contributed by atoms with Crippen molar-refractivity contribution >= 4 is 17.2 Å². The Labute approximate surface area is 100 Å². The molecule has 2 N–H and O–H groups in total. The Morgan fingerprint density at radius 3 is 2.71 bits per heavy atom. The van der Waals surface area contributed by atoms with Gasteiger partial charge in [-0.25, -0.2) is 0 Å². The van der Waals surface area contributed by atoms with Crippen LogP contribution in [0.2, 0.25) is 0 Å². The fraction of sp³-hybridized carbons (Fsp3) is 0.231. The van der Waals surface area contributed by atoms with Gasteiger partial charge in [-0.15, -0.1) is 0 Å². The molecule has 17 heavy (non-hydrogen) atoms. The molecule has 88 valence electrons. The minimum atomic E-state index is 0.316. The summed E-state index contributed by atoms with van der Waals surface area (Å²) in [6.07, 6.45) is 1.84. The number of hydrogen-bond acceptors (Lipinski definition) is 3. The smallest absolute Gasteiger partial charge is 0.179 e. The van der Waals surface area contributed by atoms with E-state index in [0.717, 1.165) is 22.9 Å². The van der Waals surface area contributed by atoms with E-state index < -0.39 is 0 Å². The highest BCUT2D eigenvalue weighted by molar-refractivity contribution is 5.77. The number of rotatable bonds is 1. The van der Waals surface area contributed by atoms with Crippen LogP contribution in [0.4, 0.5) is 17.2 Å². The van der Waals surface area contributed by atoms with E-state index in [2.05, 4.69) is 18.7 Å². The van der Waals surface area contributed by atoms with Gasteiger partial charge in [-0.2, -0.15) is 4.73 Å². The molecule has 0 saturated heterocycles. The zero-order chi connectivity index (χ0) is 12.0. The fourth-order valence-corrected chi connectivity index (χ4v) is 2.22. The maximum atomic E-state index is 6.00. The first-order chi connectivity index (χ1) is 8.18. The lowest BCUT2D eigenvalue weighted by atomic mass is 10.2. The average molecular weight is 229 g/mol. The molecule has 4 heteroatoms. The van der Waals surface area contributed by atoms with Gasteiger partial charge in [0.25, 0.3) is 0 Å². The number of para-hydroxylation sites is 2. The minimum absolute atomic E-state index is 0.316. The summed E-state index contributed by atoms with van der Waals surface area (Å²) in [7, 11) is 0. The molecule has 3 rings (SSSR count). The molecule has 0 amide bonds. The zero-order valence-corrected chi connectivity index (χ0v) is 9.92. The van der Waals surface area contributed by atoms with Crippen LogP contribution in [0.15, 0.2) is 36.5 Å². The maximum Gasteiger partial charge on any atom is 0.179 e. The standard InChI is InChI=1S/C13H15N3O/c1-9(2)16-11-5-3-4-6-12(11)17-15-8-7-10(14)13(15)16/h3-9H,14H2,1-2H3. The molecule has 0 aliphatic carbocycles. The van der Waals surface area contributed by atoms with Crippen LogP contribution in [-0.4, -0.2) is 10.8 Å². The summed E-state index contributed by atoms with van der Waals surface area (Å²) in [5.41, 5.74) is 7.79. The number of nitrogens with two attached hydrogens (primary N) is 1. The predicted molar refractivity (Wildman–Crippen MR) is 68.6 cm³/mol. The molecule has 0 unspecified atom stereocenters. The van der Waals surface area contributed by atoms with Gasteiger partial charge in [0.05, 0.1) is 11.4 Å². The van der Waals surface area contributed by atoms with Crippen LogP contribution >= 0.6 is 0 Å². The van der Waals surface area contributed by atoms with Crippen molar-refractivity contribution in [3.05, 3.63) is 36.5 Å². The number of hydrogen-bond donors (Lipinski definition) is 1. The molecule has 4 nitrogen and oxygen atoms in total. The molecule has 0 fully saturated rings. The van der Waals surface area contributed by atoms with Crippen molar-refractivity contribution in [3.8, 4) is 5.75 Å². The second kappa shape index (κ2) is 3.45. The highest BCUT2D eigenvalue weighted by Gasteiger charge is 2.27. The molecule has 0 saturated carbocycles. The third-order valence-corrected chi connectivity index (χ3v) is 2.92. The van der Waals surface area contributed by atoms with Crippen LogP contribution in [0.25, 0.3) is 0 Å². The highest BCUT2D eigenvalue weighted by Crippen LogP contribution is 2.42. The van der Waals surface area contributed by atoms with Crippen molar-refractivity contribution in [1.29, 1.82) is 0 Å². The van der Waals surface area contributed by atoms with Crippen LogP contribution in [-0.2, 0) is 0 Å². The van der Waals surface area contributed by atoms with E-state index in [9.17, 15) is 0 Å². The Morgan fingerprint density at radius 1 is 1.18 bits per heavy atom. The van der Waals surface area contributed by atoms with E-state index in [1.807, 2.05) is 36.5 Å². The number of anilines is 3. The number of aromatic nitrogens is 1. The van der Waals surface area contributed by atoms with Crippen LogP contribution in [0.5, 0.6) is 5.75 Å². The summed E-state index contributed by atoms with van der Waals surface area (Å²) in [5, 5.41) is 0. The Balaban J connectivity index is 2.22. The summed E-state index contributed by atoms with van der Waals surface area (Å²) >= 11 is 0. The number of fused-ring (bicyclic) bond motifs is 2. The van der Waals surface area contributed by atoms with Crippen molar-refractivity contribution in [2.75, 3.05) is 10.6 Å². The van der Waals surface area contributed by atoms with E-state index in [-0.39, 0.29) is 0 Å². The zero-order valence-electron chi connectivity index (χ0n) is 9.92. The van der Waals surface area contributed by atoms with E-state index in [1.165, 1.54) is 0 Å². The monoisotopic (exact) mass is 229 g/mol. The SMILES string of the molecule is CC(C)N1c2ccccc2On2ccc(N)c21. The molecule has 1 aromatic carbocycles. The number of nitrogen functional groups attached to an aromatic ring is 1. The van der Waals surface area contributed by atoms with Gasteiger partial charge in [-0.1, -0.05) is 12.1 Å². The van der Waals surface area contributed by atoms with Gasteiger partial charge in [0, 0.05) is 12.2 Å². The van der Waals surface area contributed by atoms with Crippen molar-refractivity contribution in [2.24, 2.45) is 0 Å². The summed E-state index contributed by atoms with van der Waals surface area (Å²) in [4.78, 5) is 7.96. The van der Waals surface area contributed by atoms with Gasteiger partial charge in [0.1, 0.15) is 0 Å². The normalized spacial score (nSPS) is 13.2. The molecule has 0 bridgehead atoms. The van der Waals surface area contributed by atoms with Gasteiger partial charge in [-0.05, 0) is 32.0 Å². The molecular formula is C13H15N3O. The molecule has 2 aromatic rings. The fourth-order valence-electron chi connectivity index (χ4n) is 2.22. The summed E-state index contributed by atoms with van der Waals surface area (Å²) in [5.74, 6) is 1.75. The number of benzene rings is 1. The topological polar surface area (TPSA) is 43.4 Å².